The maximum absolute atomic E-state index is 12.3. The minimum absolute atomic E-state index is 0.175. The van der Waals surface area contributed by atoms with E-state index in [4.69, 9.17) is 10.5 Å². The first-order valence-corrected chi connectivity index (χ1v) is 8.11. The fourth-order valence-electron chi connectivity index (χ4n) is 3.68. The van der Waals surface area contributed by atoms with Crippen LogP contribution in [-0.4, -0.2) is 66.7 Å². The summed E-state index contributed by atoms with van der Waals surface area (Å²) in [6.45, 7) is 4.84. The summed E-state index contributed by atoms with van der Waals surface area (Å²) in [5.74, 6) is 0.285. The van der Waals surface area contributed by atoms with Gasteiger partial charge in [0.15, 0.2) is 0 Å². The third-order valence-electron chi connectivity index (χ3n) is 5.03. The lowest BCUT2D eigenvalue weighted by Gasteiger charge is -2.34. The number of hydrogen-bond acceptors (Lipinski definition) is 4. The summed E-state index contributed by atoms with van der Waals surface area (Å²) in [6.07, 6.45) is 6.22. The summed E-state index contributed by atoms with van der Waals surface area (Å²) >= 11 is 0. The predicted molar refractivity (Wildman–Crippen MR) is 77.4 cm³/mol. The highest BCUT2D eigenvalue weighted by Crippen LogP contribution is 2.22. The molecule has 3 aliphatic rings. The van der Waals surface area contributed by atoms with Crippen LogP contribution in [0, 0.1) is 0 Å². The highest BCUT2D eigenvalue weighted by atomic mass is 16.5. The number of carbonyl (C=O) groups is 1. The van der Waals surface area contributed by atoms with E-state index < -0.39 is 0 Å². The monoisotopic (exact) mass is 281 g/mol. The highest BCUT2D eigenvalue weighted by Gasteiger charge is 2.33. The zero-order valence-electron chi connectivity index (χ0n) is 12.3. The van der Waals surface area contributed by atoms with Crippen LogP contribution in [0.3, 0.4) is 0 Å². The summed E-state index contributed by atoms with van der Waals surface area (Å²) in [5.41, 5.74) is 5.96. The van der Waals surface area contributed by atoms with E-state index in [0.717, 1.165) is 64.9 Å². The van der Waals surface area contributed by atoms with E-state index in [1.165, 1.54) is 0 Å². The average Bonchev–Trinajstić information content (AvgIpc) is 3.10. The van der Waals surface area contributed by atoms with Gasteiger partial charge in [-0.05, 0) is 45.2 Å². The zero-order valence-corrected chi connectivity index (χ0v) is 12.3. The molecule has 0 bridgehead atoms. The van der Waals surface area contributed by atoms with Gasteiger partial charge < -0.3 is 15.4 Å². The van der Waals surface area contributed by atoms with Crippen LogP contribution in [0.5, 0.6) is 0 Å². The maximum Gasteiger partial charge on any atom is 0.225 e. The molecule has 114 valence electrons. The Labute approximate surface area is 121 Å². The van der Waals surface area contributed by atoms with Crippen molar-refractivity contribution in [3.63, 3.8) is 0 Å². The normalized spacial score (nSPS) is 33.0. The van der Waals surface area contributed by atoms with Crippen molar-refractivity contribution in [1.82, 2.24) is 9.80 Å². The fraction of sp³-hybridized carbons (Fsp3) is 0.933. The zero-order chi connectivity index (χ0) is 13.9. The molecule has 3 saturated heterocycles. The number of amides is 1. The molecule has 5 heteroatoms. The molecule has 2 unspecified atom stereocenters. The van der Waals surface area contributed by atoms with Gasteiger partial charge in [-0.3, -0.25) is 9.69 Å². The molecule has 0 radical (unpaired) electrons. The molecule has 3 heterocycles. The molecule has 0 aromatic rings. The Hall–Kier alpha value is -0.650. The second kappa shape index (κ2) is 6.41. The smallest absolute Gasteiger partial charge is 0.225 e. The van der Waals surface area contributed by atoms with Gasteiger partial charge in [0.1, 0.15) is 0 Å². The largest absolute Gasteiger partial charge is 0.378 e. The lowest BCUT2D eigenvalue weighted by Crippen LogP contribution is -2.46. The molecule has 0 aromatic heterocycles. The number of carbonyl (C=O) groups excluding carboxylic acids is 1. The summed E-state index contributed by atoms with van der Waals surface area (Å²) in [4.78, 5) is 16.9. The van der Waals surface area contributed by atoms with E-state index >= 15 is 0 Å². The van der Waals surface area contributed by atoms with E-state index in [0.29, 0.717) is 18.5 Å². The molecule has 2 atom stereocenters. The number of ether oxygens (including phenoxy) is 1. The number of likely N-dealkylation sites (tertiary alicyclic amines) is 2. The second-order valence-electron chi connectivity index (χ2n) is 6.49. The van der Waals surface area contributed by atoms with Crippen molar-refractivity contribution < 1.29 is 9.53 Å². The molecular formula is C15H27N3O2. The third-order valence-corrected chi connectivity index (χ3v) is 5.03. The van der Waals surface area contributed by atoms with Crippen molar-refractivity contribution in [2.75, 3.05) is 32.8 Å². The van der Waals surface area contributed by atoms with Crippen LogP contribution in [0.4, 0.5) is 0 Å². The Morgan fingerprint density at radius 3 is 2.65 bits per heavy atom. The maximum atomic E-state index is 12.3. The summed E-state index contributed by atoms with van der Waals surface area (Å²) in [5, 5.41) is 0. The Bertz CT molecular complexity index is 336. The Kier molecular flexibility index (Phi) is 4.58. The molecule has 20 heavy (non-hydrogen) atoms. The van der Waals surface area contributed by atoms with Crippen LogP contribution >= 0.6 is 0 Å². The van der Waals surface area contributed by atoms with Crippen LogP contribution < -0.4 is 5.73 Å². The predicted octanol–water partition coefficient (Wildman–Crippen LogP) is 0.580. The molecule has 3 aliphatic heterocycles. The first-order chi connectivity index (χ1) is 9.72. The van der Waals surface area contributed by atoms with Gasteiger partial charge in [-0.25, -0.2) is 0 Å². The van der Waals surface area contributed by atoms with Gasteiger partial charge in [0, 0.05) is 31.8 Å². The molecule has 3 rings (SSSR count). The lowest BCUT2D eigenvalue weighted by molar-refractivity contribution is -0.132. The number of nitrogens with zero attached hydrogens (tertiary/aromatic N) is 2. The minimum atomic E-state index is 0.175. The van der Waals surface area contributed by atoms with E-state index in [1.54, 1.807) is 0 Å². The van der Waals surface area contributed by atoms with Gasteiger partial charge in [-0.1, -0.05) is 0 Å². The number of hydrogen-bond donors (Lipinski definition) is 1. The molecule has 2 N–H and O–H groups in total. The van der Waals surface area contributed by atoms with Crippen molar-refractivity contribution in [3.8, 4) is 0 Å². The second-order valence-corrected chi connectivity index (χ2v) is 6.49. The summed E-state index contributed by atoms with van der Waals surface area (Å²) < 4.78 is 5.57. The van der Waals surface area contributed by atoms with Gasteiger partial charge in [-0.2, -0.15) is 0 Å². The van der Waals surface area contributed by atoms with E-state index in [2.05, 4.69) is 4.90 Å². The van der Waals surface area contributed by atoms with Gasteiger partial charge >= 0.3 is 0 Å². The third kappa shape index (κ3) is 3.32. The van der Waals surface area contributed by atoms with Crippen molar-refractivity contribution >= 4 is 5.91 Å². The molecule has 0 aliphatic carbocycles. The van der Waals surface area contributed by atoms with E-state index in [9.17, 15) is 4.79 Å². The Morgan fingerprint density at radius 2 is 1.95 bits per heavy atom. The van der Waals surface area contributed by atoms with Crippen LogP contribution in [0.25, 0.3) is 0 Å². The highest BCUT2D eigenvalue weighted by molar-refractivity contribution is 5.77. The van der Waals surface area contributed by atoms with Crippen LogP contribution in [0.1, 0.15) is 38.5 Å². The van der Waals surface area contributed by atoms with Crippen molar-refractivity contribution in [1.29, 1.82) is 0 Å². The quantitative estimate of drug-likeness (QED) is 0.822. The van der Waals surface area contributed by atoms with Crippen LogP contribution in [0.2, 0.25) is 0 Å². The molecule has 0 aromatic carbocycles. The average molecular weight is 281 g/mol. The summed E-state index contributed by atoms with van der Waals surface area (Å²) in [7, 11) is 0. The molecule has 0 saturated carbocycles. The number of rotatable bonds is 3. The first kappa shape index (κ1) is 14.3. The number of nitrogens with two attached hydrogens (primary N) is 1. The van der Waals surface area contributed by atoms with Gasteiger partial charge in [-0.15, -0.1) is 0 Å². The minimum Gasteiger partial charge on any atom is -0.378 e. The number of piperidine rings is 1. The van der Waals surface area contributed by atoms with Crippen molar-refractivity contribution in [2.45, 2.75) is 56.7 Å². The van der Waals surface area contributed by atoms with Crippen molar-refractivity contribution in [2.24, 2.45) is 5.73 Å². The fourth-order valence-corrected chi connectivity index (χ4v) is 3.68. The molecule has 5 nitrogen and oxygen atoms in total. The lowest BCUT2D eigenvalue weighted by atomic mass is 10.0. The van der Waals surface area contributed by atoms with E-state index in [-0.39, 0.29) is 12.0 Å². The van der Waals surface area contributed by atoms with Gasteiger partial charge in [0.25, 0.3) is 0 Å². The summed E-state index contributed by atoms with van der Waals surface area (Å²) in [6, 6.07) is 0.931. The molecule has 0 spiro atoms. The van der Waals surface area contributed by atoms with Gasteiger partial charge in [0.2, 0.25) is 5.91 Å². The van der Waals surface area contributed by atoms with E-state index in [1.807, 2.05) is 4.90 Å². The molecule has 1 amide bonds. The first-order valence-electron chi connectivity index (χ1n) is 8.11. The van der Waals surface area contributed by atoms with Crippen LogP contribution in [0.15, 0.2) is 0 Å². The molecule has 3 fully saturated rings. The topological polar surface area (TPSA) is 58.8 Å². The Morgan fingerprint density at radius 1 is 1.15 bits per heavy atom. The molecular weight excluding hydrogens is 254 g/mol. The Balaban J connectivity index is 1.45. The standard InChI is InChI=1S/C15H27N3O2/c16-12-3-6-17(7-4-12)13-5-8-18(11-13)15(19)10-14-2-1-9-20-14/h12-14H,1-11,16H2. The van der Waals surface area contributed by atoms with Crippen LogP contribution in [-0.2, 0) is 9.53 Å². The van der Waals surface area contributed by atoms with Crippen molar-refractivity contribution in [3.05, 3.63) is 0 Å². The SMILES string of the molecule is NC1CCN(C2CCN(C(=O)CC3CCCO3)C2)CC1. The van der Waals surface area contributed by atoms with Gasteiger partial charge in [0.05, 0.1) is 12.5 Å².